The minimum absolute atomic E-state index is 0.221. The molecule has 148 valence electrons. The Morgan fingerprint density at radius 2 is 1.74 bits per heavy atom. The zero-order valence-electron chi connectivity index (χ0n) is 17.1. The maximum Gasteiger partial charge on any atom is 0.344 e. The summed E-state index contributed by atoms with van der Waals surface area (Å²) in [6.45, 7) is 13.1. The summed E-state index contributed by atoms with van der Waals surface area (Å²) in [7, 11) is 0. The minimum atomic E-state index is -0.576. The third kappa shape index (κ3) is 5.25. The van der Waals surface area contributed by atoms with Gasteiger partial charge in [-0.15, -0.1) is 0 Å². The molecule has 0 unspecified atom stereocenters. The second-order valence-corrected chi connectivity index (χ2v) is 8.31. The Kier molecular flexibility index (Phi) is 5.88. The molecule has 0 aliphatic heterocycles. The first-order chi connectivity index (χ1) is 12.4. The van der Waals surface area contributed by atoms with Gasteiger partial charge in [0.05, 0.1) is 6.61 Å². The van der Waals surface area contributed by atoms with E-state index in [0.29, 0.717) is 28.0 Å². The average Bonchev–Trinajstić information content (AvgIpc) is 2.90. The van der Waals surface area contributed by atoms with Crippen LogP contribution in [0, 0.1) is 0 Å². The smallest absolute Gasteiger partial charge is 0.344 e. The van der Waals surface area contributed by atoms with Gasteiger partial charge in [-0.3, -0.25) is 0 Å². The summed E-state index contributed by atoms with van der Waals surface area (Å²) in [4.78, 5) is 24.4. The molecule has 0 aliphatic carbocycles. The van der Waals surface area contributed by atoms with Crippen molar-refractivity contribution in [3.63, 3.8) is 0 Å². The molecule has 6 nitrogen and oxygen atoms in total. The van der Waals surface area contributed by atoms with Crippen LogP contribution in [0.5, 0.6) is 5.75 Å². The molecule has 0 atom stereocenters. The molecule has 0 saturated carbocycles. The molecule has 0 spiro atoms. The van der Waals surface area contributed by atoms with Crippen LogP contribution in [-0.4, -0.2) is 30.8 Å². The molecule has 27 heavy (non-hydrogen) atoms. The number of hydrogen-bond acceptors (Lipinski definition) is 6. The van der Waals surface area contributed by atoms with Gasteiger partial charge in [0, 0.05) is 10.8 Å². The summed E-state index contributed by atoms with van der Waals surface area (Å²) in [6.07, 6.45) is 0. The molecule has 1 aromatic carbocycles. The number of ether oxygens (including phenoxy) is 3. The fourth-order valence-electron chi connectivity index (χ4n) is 2.61. The number of esters is 2. The fourth-order valence-corrected chi connectivity index (χ4v) is 2.61. The summed E-state index contributed by atoms with van der Waals surface area (Å²) in [5.74, 6) is 0.0988. The molecule has 2 aromatic rings. The first-order valence-electron chi connectivity index (χ1n) is 9.01. The van der Waals surface area contributed by atoms with Gasteiger partial charge in [0.2, 0.25) is 0 Å². The minimum Gasteiger partial charge on any atom is -0.482 e. The molecule has 0 amide bonds. The van der Waals surface area contributed by atoms with E-state index in [2.05, 4.69) is 0 Å². The van der Waals surface area contributed by atoms with E-state index in [-0.39, 0.29) is 18.6 Å². The topological polar surface area (TPSA) is 75.0 Å². The zero-order chi connectivity index (χ0) is 20.4. The van der Waals surface area contributed by atoms with Gasteiger partial charge >= 0.3 is 11.9 Å². The molecule has 2 rings (SSSR count). The SMILES string of the molecule is CCOC(=O)c1c(C(C)(C)C)oc2ccc(OCC(=O)OC(C)(C)C)cc12. The highest BCUT2D eigenvalue weighted by molar-refractivity contribution is 6.05. The van der Waals surface area contributed by atoms with Crippen LogP contribution in [0.25, 0.3) is 11.0 Å². The van der Waals surface area contributed by atoms with Crippen molar-refractivity contribution in [1.29, 1.82) is 0 Å². The Labute approximate surface area is 159 Å². The summed E-state index contributed by atoms with van der Waals surface area (Å²) < 4.78 is 21.9. The molecule has 0 N–H and O–H groups in total. The van der Waals surface area contributed by atoms with Gasteiger partial charge in [0.25, 0.3) is 0 Å². The Hall–Kier alpha value is -2.50. The molecule has 0 fully saturated rings. The van der Waals surface area contributed by atoms with E-state index in [1.807, 2.05) is 20.8 Å². The normalized spacial score (nSPS) is 12.1. The molecule has 6 heteroatoms. The molecule has 0 saturated heterocycles. The fraction of sp³-hybridized carbons (Fsp3) is 0.524. The summed E-state index contributed by atoms with van der Waals surface area (Å²) >= 11 is 0. The predicted octanol–water partition coefficient (Wildman–Crippen LogP) is 4.63. The van der Waals surface area contributed by atoms with Gasteiger partial charge in [-0.1, -0.05) is 20.8 Å². The maximum absolute atomic E-state index is 12.5. The van der Waals surface area contributed by atoms with Crippen LogP contribution in [0.2, 0.25) is 0 Å². The van der Waals surface area contributed by atoms with Crippen LogP contribution in [0.1, 0.15) is 64.6 Å². The third-order valence-corrected chi connectivity index (χ3v) is 3.60. The highest BCUT2D eigenvalue weighted by Crippen LogP contribution is 2.36. The lowest BCUT2D eigenvalue weighted by Gasteiger charge is -2.19. The zero-order valence-corrected chi connectivity index (χ0v) is 17.1. The van der Waals surface area contributed by atoms with Gasteiger partial charge in [-0.2, -0.15) is 0 Å². The van der Waals surface area contributed by atoms with Gasteiger partial charge in [-0.05, 0) is 45.9 Å². The van der Waals surface area contributed by atoms with Crippen LogP contribution in [-0.2, 0) is 19.7 Å². The average molecular weight is 376 g/mol. The highest BCUT2D eigenvalue weighted by Gasteiger charge is 2.30. The monoisotopic (exact) mass is 376 g/mol. The lowest BCUT2D eigenvalue weighted by molar-refractivity contribution is -0.157. The van der Waals surface area contributed by atoms with E-state index in [9.17, 15) is 9.59 Å². The van der Waals surface area contributed by atoms with E-state index in [1.54, 1.807) is 45.9 Å². The van der Waals surface area contributed by atoms with Crippen molar-refractivity contribution in [2.24, 2.45) is 0 Å². The van der Waals surface area contributed by atoms with Gasteiger partial charge in [0.15, 0.2) is 6.61 Å². The number of carbonyl (C=O) groups excluding carboxylic acids is 2. The Balaban J connectivity index is 2.36. The van der Waals surface area contributed by atoms with Crippen molar-refractivity contribution < 1.29 is 28.2 Å². The number of furan rings is 1. The van der Waals surface area contributed by atoms with E-state index in [0.717, 1.165) is 0 Å². The third-order valence-electron chi connectivity index (χ3n) is 3.60. The Morgan fingerprint density at radius 3 is 2.30 bits per heavy atom. The Bertz CT molecular complexity index is 833. The van der Waals surface area contributed by atoms with Crippen molar-refractivity contribution in [2.75, 3.05) is 13.2 Å². The molecule has 1 heterocycles. The van der Waals surface area contributed by atoms with Crippen molar-refractivity contribution >= 4 is 22.9 Å². The standard InChI is InChI=1S/C21H28O6/c1-8-24-19(23)17-14-11-13(25-12-16(22)27-21(5,6)7)9-10-15(14)26-18(17)20(2,3)4/h9-11H,8,12H2,1-7H3. The molecule has 0 aliphatic rings. The van der Waals surface area contributed by atoms with Crippen LogP contribution in [0.15, 0.2) is 22.6 Å². The van der Waals surface area contributed by atoms with Gasteiger partial charge in [-0.25, -0.2) is 9.59 Å². The van der Waals surface area contributed by atoms with Gasteiger partial charge < -0.3 is 18.6 Å². The number of fused-ring (bicyclic) bond motifs is 1. The Morgan fingerprint density at radius 1 is 1.07 bits per heavy atom. The van der Waals surface area contributed by atoms with Crippen molar-refractivity contribution in [1.82, 2.24) is 0 Å². The van der Waals surface area contributed by atoms with Crippen molar-refractivity contribution in [2.45, 2.75) is 59.5 Å². The summed E-state index contributed by atoms with van der Waals surface area (Å²) in [6, 6.07) is 5.10. The van der Waals surface area contributed by atoms with E-state index >= 15 is 0 Å². The van der Waals surface area contributed by atoms with Crippen LogP contribution in [0.4, 0.5) is 0 Å². The first kappa shape index (κ1) is 20.8. The lowest BCUT2D eigenvalue weighted by Crippen LogP contribution is -2.27. The molecular weight excluding hydrogens is 348 g/mol. The molecule has 0 bridgehead atoms. The molecule has 0 radical (unpaired) electrons. The highest BCUT2D eigenvalue weighted by atomic mass is 16.6. The van der Waals surface area contributed by atoms with Gasteiger partial charge in [0.1, 0.15) is 28.3 Å². The maximum atomic E-state index is 12.5. The first-order valence-corrected chi connectivity index (χ1v) is 9.01. The molecule has 1 aromatic heterocycles. The summed E-state index contributed by atoms with van der Waals surface area (Å²) in [5, 5.41) is 0.597. The number of rotatable bonds is 5. The second-order valence-electron chi connectivity index (χ2n) is 8.31. The second kappa shape index (κ2) is 7.62. The number of carbonyl (C=O) groups is 2. The lowest BCUT2D eigenvalue weighted by atomic mass is 9.89. The van der Waals surface area contributed by atoms with Crippen molar-refractivity contribution in [3.8, 4) is 5.75 Å². The molecular formula is C21H28O6. The largest absolute Gasteiger partial charge is 0.482 e. The summed E-state index contributed by atoms with van der Waals surface area (Å²) in [5.41, 5.74) is 0.00131. The van der Waals surface area contributed by atoms with E-state index < -0.39 is 17.5 Å². The van der Waals surface area contributed by atoms with E-state index in [1.165, 1.54) is 0 Å². The van der Waals surface area contributed by atoms with Crippen molar-refractivity contribution in [3.05, 3.63) is 29.5 Å². The predicted molar refractivity (Wildman–Crippen MR) is 102 cm³/mol. The number of hydrogen-bond donors (Lipinski definition) is 0. The van der Waals surface area contributed by atoms with E-state index in [4.69, 9.17) is 18.6 Å². The van der Waals surface area contributed by atoms with Crippen LogP contribution >= 0.6 is 0 Å². The van der Waals surface area contributed by atoms with Crippen LogP contribution < -0.4 is 4.74 Å². The van der Waals surface area contributed by atoms with Crippen LogP contribution in [0.3, 0.4) is 0 Å². The quantitative estimate of drug-likeness (QED) is 0.709. The number of benzene rings is 1.